The lowest BCUT2D eigenvalue weighted by molar-refractivity contribution is 0.414. The van der Waals surface area contributed by atoms with Gasteiger partial charge in [-0.15, -0.1) is 10.2 Å². The Morgan fingerprint density at radius 2 is 1.96 bits per heavy atom. The van der Waals surface area contributed by atoms with Crippen molar-refractivity contribution in [1.29, 1.82) is 0 Å². The molecule has 0 aliphatic carbocycles. The molecule has 1 aromatic heterocycles. The second kappa shape index (κ2) is 6.91. The molecular formula is C17H15FN4O2. The van der Waals surface area contributed by atoms with E-state index in [9.17, 15) is 9.18 Å². The Morgan fingerprint density at radius 3 is 2.62 bits per heavy atom. The summed E-state index contributed by atoms with van der Waals surface area (Å²) in [5.41, 5.74) is 1.34. The first-order chi connectivity index (χ1) is 11.6. The zero-order valence-corrected chi connectivity index (χ0v) is 12.9. The van der Waals surface area contributed by atoms with Gasteiger partial charge in [0.2, 0.25) is 5.95 Å². The average Bonchev–Trinajstić information content (AvgIpc) is 2.58. The van der Waals surface area contributed by atoms with Gasteiger partial charge in [0.05, 0.1) is 7.11 Å². The maximum Gasteiger partial charge on any atom is 0.274 e. The molecule has 6 nitrogen and oxygen atoms in total. The summed E-state index contributed by atoms with van der Waals surface area (Å²) in [7, 11) is 1.59. The standard InChI is InChI=1S/C17H15FN4O2/c1-24-14-7-5-11(6-8-14)9-15-16(23)20-17(22-21-15)19-13-4-2-3-12(18)10-13/h2-8,10H,9H2,1H3,(H2,19,20,22,23). The van der Waals surface area contributed by atoms with Gasteiger partial charge >= 0.3 is 0 Å². The molecular weight excluding hydrogens is 311 g/mol. The highest BCUT2D eigenvalue weighted by Gasteiger charge is 2.07. The summed E-state index contributed by atoms with van der Waals surface area (Å²) in [6.07, 6.45) is 0.354. The summed E-state index contributed by atoms with van der Waals surface area (Å²) in [6.45, 7) is 0. The van der Waals surface area contributed by atoms with E-state index in [0.717, 1.165) is 11.3 Å². The third-order valence-electron chi connectivity index (χ3n) is 3.38. The molecule has 122 valence electrons. The maximum absolute atomic E-state index is 13.2. The Kier molecular flexibility index (Phi) is 4.51. The number of aromatic amines is 1. The van der Waals surface area contributed by atoms with Crippen molar-refractivity contribution in [3.05, 3.63) is 76.0 Å². The van der Waals surface area contributed by atoms with Gasteiger partial charge < -0.3 is 10.1 Å². The Bertz CT molecular complexity index is 894. The van der Waals surface area contributed by atoms with Crippen LogP contribution in [0.2, 0.25) is 0 Å². The van der Waals surface area contributed by atoms with Gasteiger partial charge in [-0.2, -0.15) is 0 Å². The quantitative estimate of drug-likeness (QED) is 0.753. The molecule has 0 spiro atoms. The summed E-state index contributed by atoms with van der Waals surface area (Å²) in [5, 5.41) is 10.7. The van der Waals surface area contributed by atoms with E-state index in [4.69, 9.17) is 4.74 Å². The minimum absolute atomic E-state index is 0.157. The van der Waals surface area contributed by atoms with Crippen LogP contribution in [-0.2, 0) is 6.42 Å². The van der Waals surface area contributed by atoms with Crippen LogP contribution in [0, 0.1) is 5.82 Å². The van der Waals surface area contributed by atoms with Gasteiger partial charge in [0.15, 0.2) is 0 Å². The van der Waals surface area contributed by atoms with Crippen molar-refractivity contribution in [3.63, 3.8) is 0 Å². The van der Waals surface area contributed by atoms with Crippen LogP contribution in [0.15, 0.2) is 53.3 Å². The van der Waals surface area contributed by atoms with Crippen LogP contribution >= 0.6 is 0 Å². The van der Waals surface area contributed by atoms with Gasteiger partial charge in [-0.05, 0) is 35.9 Å². The van der Waals surface area contributed by atoms with Crippen LogP contribution in [0.3, 0.4) is 0 Å². The first kappa shape index (κ1) is 15.7. The Labute approximate surface area is 137 Å². The largest absolute Gasteiger partial charge is 0.497 e. The number of hydrogen-bond acceptors (Lipinski definition) is 5. The summed E-state index contributed by atoms with van der Waals surface area (Å²) in [5.74, 6) is 0.517. The molecule has 0 bridgehead atoms. The highest BCUT2D eigenvalue weighted by Crippen LogP contribution is 2.14. The van der Waals surface area contributed by atoms with Gasteiger partial charge in [0.1, 0.15) is 17.3 Å². The SMILES string of the molecule is COc1ccc(Cc2nnc(Nc3cccc(F)c3)[nH]c2=O)cc1. The van der Waals surface area contributed by atoms with E-state index in [-0.39, 0.29) is 17.3 Å². The highest BCUT2D eigenvalue weighted by atomic mass is 19.1. The van der Waals surface area contributed by atoms with E-state index in [1.54, 1.807) is 19.2 Å². The molecule has 2 aromatic carbocycles. The molecule has 24 heavy (non-hydrogen) atoms. The second-order valence-corrected chi connectivity index (χ2v) is 5.11. The number of methoxy groups -OCH3 is 1. The normalized spacial score (nSPS) is 10.4. The number of rotatable bonds is 5. The summed E-state index contributed by atoms with van der Waals surface area (Å²) >= 11 is 0. The van der Waals surface area contributed by atoms with E-state index < -0.39 is 0 Å². The fraction of sp³-hybridized carbons (Fsp3) is 0.118. The van der Waals surface area contributed by atoms with E-state index in [1.165, 1.54) is 12.1 Å². The summed E-state index contributed by atoms with van der Waals surface area (Å²) in [4.78, 5) is 14.7. The number of H-pyrrole nitrogens is 1. The van der Waals surface area contributed by atoms with Crippen LogP contribution in [0.5, 0.6) is 5.75 Å². The van der Waals surface area contributed by atoms with Crippen LogP contribution in [-0.4, -0.2) is 22.3 Å². The van der Waals surface area contributed by atoms with E-state index >= 15 is 0 Å². The zero-order chi connectivity index (χ0) is 16.9. The van der Waals surface area contributed by atoms with Crippen molar-refractivity contribution >= 4 is 11.6 Å². The number of ether oxygens (including phenoxy) is 1. The van der Waals surface area contributed by atoms with Gasteiger partial charge in [-0.3, -0.25) is 9.78 Å². The lowest BCUT2D eigenvalue weighted by Gasteiger charge is -2.06. The van der Waals surface area contributed by atoms with Crippen molar-refractivity contribution in [3.8, 4) is 5.75 Å². The van der Waals surface area contributed by atoms with Crippen molar-refractivity contribution in [1.82, 2.24) is 15.2 Å². The third-order valence-corrected chi connectivity index (χ3v) is 3.38. The number of hydrogen-bond donors (Lipinski definition) is 2. The molecule has 7 heteroatoms. The molecule has 0 saturated heterocycles. The van der Waals surface area contributed by atoms with E-state index in [1.807, 2.05) is 24.3 Å². The molecule has 2 N–H and O–H groups in total. The van der Waals surface area contributed by atoms with Gasteiger partial charge in [0.25, 0.3) is 5.56 Å². The monoisotopic (exact) mass is 326 g/mol. The van der Waals surface area contributed by atoms with E-state index in [2.05, 4.69) is 20.5 Å². The van der Waals surface area contributed by atoms with Crippen molar-refractivity contribution in [2.75, 3.05) is 12.4 Å². The number of aromatic nitrogens is 3. The molecule has 0 atom stereocenters. The Balaban J connectivity index is 1.75. The lowest BCUT2D eigenvalue weighted by Crippen LogP contribution is -2.18. The van der Waals surface area contributed by atoms with Gasteiger partial charge in [-0.25, -0.2) is 4.39 Å². The summed E-state index contributed by atoms with van der Waals surface area (Å²) < 4.78 is 18.2. The molecule has 0 saturated carbocycles. The number of anilines is 2. The van der Waals surface area contributed by atoms with Crippen LogP contribution < -0.4 is 15.6 Å². The number of nitrogens with one attached hydrogen (secondary N) is 2. The van der Waals surface area contributed by atoms with Crippen LogP contribution in [0.4, 0.5) is 16.0 Å². The number of halogens is 1. The van der Waals surface area contributed by atoms with Gasteiger partial charge in [-0.1, -0.05) is 18.2 Å². The smallest absolute Gasteiger partial charge is 0.274 e. The van der Waals surface area contributed by atoms with E-state index in [0.29, 0.717) is 17.8 Å². The first-order valence-corrected chi connectivity index (χ1v) is 7.25. The van der Waals surface area contributed by atoms with Crippen molar-refractivity contribution < 1.29 is 9.13 Å². The number of benzene rings is 2. The molecule has 3 aromatic rings. The Morgan fingerprint density at radius 1 is 1.17 bits per heavy atom. The first-order valence-electron chi connectivity index (χ1n) is 7.25. The molecule has 3 rings (SSSR count). The highest BCUT2D eigenvalue weighted by molar-refractivity contribution is 5.52. The average molecular weight is 326 g/mol. The third kappa shape index (κ3) is 3.75. The second-order valence-electron chi connectivity index (χ2n) is 5.11. The predicted molar refractivity (Wildman–Crippen MR) is 88.1 cm³/mol. The number of nitrogens with zero attached hydrogens (tertiary/aromatic N) is 2. The molecule has 0 fully saturated rings. The van der Waals surface area contributed by atoms with Crippen LogP contribution in [0.1, 0.15) is 11.3 Å². The molecule has 0 aliphatic heterocycles. The zero-order valence-electron chi connectivity index (χ0n) is 12.9. The molecule has 0 aliphatic rings. The summed E-state index contributed by atoms with van der Waals surface area (Å²) in [6, 6.07) is 13.2. The van der Waals surface area contributed by atoms with Crippen molar-refractivity contribution in [2.24, 2.45) is 0 Å². The minimum Gasteiger partial charge on any atom is -0.497 e. The fourth-order valence-electron chi connectivity index (χ4n) is 2.17. The fourth-order valence-corrected chi connectivity index (χ4v) is 2.17. The van der Waals surface area contributed by atoms with Crippen molar-refractivity contribution in [2.45, 2.75) is 6.42 Å². The Hall–Kier alpha value is -3.22. The van der Waals surface area contributed by atoms with Crippen LogP contribution in [0.25, 0.3) is 0 Å². The molecule has 0 unspecified atom stereocenters. The topological polar surface area (TPSA) is 79.9 Å². The van der Waals surface area contributed by atoms with Gasteiger partial charge in [0, 0.05) is 12.1 Å². The maximum atomic E-state index is 13.2. The lowest BCUT2D eigenvalue weighted by atomic mass is 10.1. The molecule has 1 heterocycles. The minimum atomic E-state index is -0.383. The molecule has 0 radical (unpaired) electrons. The molecule has 0 amide bonds. The predicted octanol–water partition coefficient (Wildman–Crippen LogP) is 2.65.